The highest BCUT2D eigenvalue weighted by Gasteiger charge is 2.18. The number of carbonyl (C=O) groups is 1. The average molecular weight is 268 g/mol. The number of nitrogens with zero attached hydrogens (tertiary/aromatic N) is 1. The molecule has 0 saturated carbocycles. The number of ketones is 1. The number of aromatic nitrogens is 1. The number of hydrogen-bond acceptors (Lipinski definition) is 2. The van der Waals surface area contributed by atoms with Crippen LogP contribution in [0.4, 0.5) is 0 Å². The number of halogens is 1. The number of carbonyl (C=O) groups excluding carboxylic acids is 1. The SMILES string of the molecule is CC(CC(=O)Cc1ccncc1Cl)CC(C)(C)C. The molecule has 0 N–H and O–H groups in total. The van der Waals surface area contributed by atoms with Gasteiger partial charge in [0.05, 0.1) is 5.02 Å². The molecule has 0 saturated heterocycles. The molecule has 1 unspecified atom stereocenters. The van der Waals surface area contributed by atoms with Crippen molar-refractivity contribution < 1.29 is 4.79 Å². The molecule has 0 spiro atoms. The van der Waals surface area contributed by atoms with Gasteiger partial charge in [-0.25, -0.2) is 0 Å². The van der Waals surface area contributed by atoms with Gasteiger partial charge in [0, 0.05) is 25.2 Å². The Balaban J connectivity index is 2.50. The van der Waals surface area contributed by atoms with Gasteiger partial charge in [0.15, 0.2) is 0 Å². The summed E-state index contributed by atoms with van der Waals surface area (Å²) < 4.78 is 0. The zero-order chi connectivity index (χ0) is 13.8. The monoisotopic (exact) mass is 267 g/mol. The van der Waals surface area contributed by atoms with E-state index in [-0.39, 0.29) is 11.2 Å². The minimum absolute atomic E-state index is 0.250. The van der Waals surface area contributed by atoms with E-state index in [2.05, 4.69) is 32.7 Å². The van der Waals surface area contributed by atoms with Gasteiger partial charge < -0.3 is 0 Å². The maximum atomic E-state index is 12.0. The van der Waals surface area contributed by atoms with Crippen LogP contribution >= 0.6 is 11.6 Å². The number of rotatable bonds is 5. The lowest BCUT2D eigenvalue weighted by Crippen LogP contribution is -2.15. The van der Waals surface area contributed by atoms with Crippen molar-refractivity contribution in [1.82, 2.24) is 4.98 Å². The smallest absolute Gasteiger partial charge is 0.137 e. The van der Waals surface area contributed by atoms with Gasteiger partial charge >= 0.3 is 0 Å². The van der Waals surface area contributed by atoms with Crippen molar-refractivity contribution in [2.45, 2.75) is 47.0 Å². The first kappa shape index (κ1) is 15.2. The Kier molecular flexibility index (Phi) is 5.33. The summed E-state index contributed by atoms with van der Waals surface area (Å²) in [6.07, 6.45) is 5.35. The van der Waals surface area contributed by atoms with Gasteiger partial charge in [-0.05, 0) is 29.4 Å². The predicted molar refractivity (Wildman–Crippen MR) is 75.8 cm³/mol. The standard InChI is InChI=1S/C15H22ClNO/c1-11(9-15(2,3)4)7-13(18)8-12-5-6-17-10-14(12)16/h5-6,10-11H,7-9H2,1-4H3. The molecule has 3 heteroatoms. The molecule has 0 aromatic carbocycles. The van der Waals surface area contributed by atoms with E-state index in [1.54, 1.807) is 12.4 Å². The van der Waals surface area contributed by atoms with Gasteiger partial charge in [-0.1, -0.05) is 39.3 Å². The van der Waals surface area contributed by atoms with E-state index in [0.29, 0.717) is 23.8 Å². The van der Waals surface area contributed by atoms with E-state index in [9.17, 15) is 4.79 Å². The third-order valence-corrected chi connectivity index (χ3v) is 3.12. The third kappa shape index (κ3) is 5.63. The predicted octanol–water partition coefficient (Wildman–Crippen LogP) is 4.31. The Morgan fingerprint density at radius 2 is 2.11 bits per heavy atom. The highest BCUT2D eigenvalue weighted by atomic mass is 35.5. The van der Waals surface area contributed by atoms with E-state index in [1.807, 2.05) is 6.07 Å². The van der Waals surface area contributed by atoms with Crippen LogP contribution in [0.2, 0.25) is 5.02 Å². The summed E-state index contributed by atoms with van der Waals surface area (Å²) in [4.78, 5) is 15.9. The van der Waals surface area contributed by atoms with Crippen molar-refractivity contribution >= 4 is 17.4 Å². The molecule has 0 aliphatic rings. The molecule has 0 bridgehead atoms. The second-order valence-corrected chi connectivity index (χ2v) is 6.66. The van der Waals surface area contributed by atoms with Gasteiger partial charge in [0.25, 0.3) is 0 Å². The van der Waals surface area contributed by atoms with Crippen molar-refractivity contribution in [2.75, 3.05) is 0 Å². The van der Waals surface area contributed by atoms with Crippen LogP contribution < -0.4 is 0 Å². The lowest BCUT2D eigenvalue weighted by molar-refractivity contribution is -0.119. The van der Waals surface area contributed by atoms with Crippen LogP contribution in [0.15, 0.2) is 18.5 Å². The number of hydrogen-bond donors (Lipinski definition) is 0. The van der Waals surface area contributed by atoms with E-state index in [0.717, 1.165) is 12.0 Å². The van der Waals surface area contributed by atoms with Crippen LogP contribution in [0.25, 0.3) is 0 Å². The van der Waals surface area contributed by atoms with Crippen molar-refractivity contribution in [3.8, 4) is 0 Å². The summed E-state index contributed by atoms with van der Waals surface area (Å²) in [5.74, 6) is 0.665. The maximum absolute atomic E-state index is 12.0. The Hall–Kier alpha value is -0.890. The van der Waals surface area contributed by atoms with E-state index in [4.69, 9.17) is 11.6 Å². The first-order valence-corrected chi connectivity index (χ1v) is 6.76. The van der Waals surface area contributed by atoms with Crippen LogP contribution in [0.1, 0.15) is 46.1 Å². The Labute approximate surface area is 115 Å². The van der Waals surface area contributed by atoms with Crippen molar-refractivity contribution in [2.24, 2.45) is 11.3 Å². The lowest BCUT2D eigenvalue weighted by atomic mass is 9.83. The van der Waals surface area contributed by atoms with Gasteiger partial charge in [-0.2, -0.15) is 0 Å². The van der Waals surface area contributed by atoms with Crippen LogP contribution in [0, 0.1) is 11.3 Å². The summed E-state index contributed by atoms with van der Waals surface area (Å²) in [5.41, 5.74) is 1.15. The number of Topliss-reactive ketones (excluding diaryl/α,β-unsaturated/α-hetero) is 1. The summed E-state index contributed by atoms with van der Waals surface area (Å²) in [6.45, 7) is 8.74. The second kappa shape index (κ2) is 6.33. The van der Waals surface area contributed by atoms with Crippen LogP contribution in [-0.4, -0.2) is 10.8 Å². The molecule has 1 heterocycles. The van der Waals surface area contributed by atoms with Crippen molar-refractivity contribution in [1.29, 1.82) is 0 Å². The third-order valence-electron chi connectivity index (χ3n) is 2.78. The van der Waals surface area contributed by atoms with E-state index in [1.165, 1.54) is 0 Å². The fourth-order valence-corrected chi connectivity index (χ4v) is 2.52. The van der Waals surface area contributed by atoms with Crippen molar-refractivity contribution in [3.05, 3.63) is 29.0 Å². The fourth-order valence-electron chi connectivity index (χ4n) is 2.34. The Morgan fingerprint density at radius 1 is 1.44 bits per heavy atom. The quantitative estimate of drug-likeness (QED) is 0.796. The molecule has 0 aliphatic carbocycles. The van der Waals surface area contributed by atoms with Gasteiger partial charge in [0.1, 0.15) is 5.78 Å². The molecule has 1 rings (SSSR count). The molecule has 18 heavy (non-hydrogen) atoms. The first-order valence-electron chi connectivity index (χ1n) is 6.38. The molecule has 0 amide bonds. The Morgan fingerprint density at radius 3 is 2.67 bits per heavy atom. The summed E-state index contributed by atoms with van der Waals surface area (Å²) >= 11 is 6.00. The topological polar surface area (TPSA) is 30.0 Å². The minimum atomic E-state index is 0.250. The molecule has 1 atom stereocenters. The summed E-state index contributed by atoms with van der Waals surface area (Å²) in [6, 6.07) is 1.81. The maximum Gasteiger partial charge on any atom is 0.137 e. The molecule has 1 aromatic heterocycles. The van der Waals surface area contributed by atoms with Crippen LogP contribution in [-0.2, 0) is 11.2 Å². The number of pyridine rings is 1. The normalized spacial score (nSPS) is 13.4. The first-order chi connectivity index (χ1) is 8.28. The molecule has 2 nitrogen and oxygen atoms in total. The second-order valence-electron chi connectivity index (χ2n) is 6.26. The largest absolute Gasteiger partial charge is 0.299 e. The molecule has 100 valence electrons. The highest BCUT2D eigenvalue weighted by Crippen LogP contribution is 2.26. The molecule has 1 aromatic rings. The average Bonchev–Trinajstić information content (AvgIpc) is 2.18. The highest BCUT2D eigenvalue weighted by molar-refractivity contribution is 6.31. The molecule has 0 aliphatic heterocycles. The fraction of sp³-hybridized carbons (Fsp3) is 0.600. The van der Waals surface area contributed by atoms with E-state index >= 15 is 0 Å². The van der Waals surface area contributed by atoms with Crippen LogP contribution in [0.3, 0.4) is 0 Å². The van der Waals surface area contributed by atoms with Gasteiger partial charge in [0.2, 0.25) is 0 Å². The van der Waals surface area contributed by atoms with Crippen molar-refractivity contribution in [3.63, 3.8) is 0 Å². The molecular formula is C15H22ClNO. The Bertz CT molecular complexity index is 409. The molecule has 0 radical (unpaired) electrons. The van der Waals surface area contributed by atoms with Gasteiger partial charge in [-0.3, -0.25) is 9.78 Å². The summed E-state index contributed by atoms with van der Waals surface area (Å²) in [7, 11) is 0. The molecule has 0 fully saturated rings. The molecular weight excluding hydrogens is 246 g/mol. The minimum Gasteiger partial charge on any atom is -0.299 e. The zero-order valence-electron chi connectivity index (χ0n) is 11.7. The van der Waals surface area contributed by atoms with Crippen LogP contribution in [0.5, 0.6) is 0 Å². The van der Waals surface area contributed by atoms with E-state index < -0.39 is 0 Å². The summed E-state index contributed by atoms with van der Waals surface area (Å²) in [5, 5.41) is 0.578. The lowest BCUT2D eigenvalue weighted by Gasteiger charge is -2.22. The van der Waals surface area contributed by atoms with Gasteiger partial charge in [-0.15, -0.1) is 0 Å². The zero-order valence-corrected chi connectivity index (χ0v) is 12.4.